The van der Waals surface area contributed by atoms with Gasteiger partial charge in [-0.2, -0.15) is 18.3 Å². The summed E-state index contributed by atoms with van der Waals surface area (Å²) in [4.78, 5) is 16.0. The number of rotatable bonds is 4. The van der Waals surface area contributed by atoms with Crippen LogP contribution in [0.1, 0.15) is 35.1 Å². The summed E-state index contributed by atoms with van der Waals surface area (Å²) in [5, 5.41) is 11.6. The van der Waals surface area contributed by atoms with Crippen molar-refractivity contribution in [3.8, 4) is 5.75 Å². The fourth-order valence-electron chi connectivity index (χ4n) is 4.54. The van der Waals surface area contributed by atoms with Crippen molar-refractivity contribution in [2.24, 2.45) is 5.92 Å². The number of amides is 1. The van der Waals surface area contributed by atoms with Crippen molar-refractivity contribution in [1.82, 2.24) is 20.1 Å². The Labute approximate surface area is 175 Å². The number of nitrogens with one attached hydrogen (secondary N) is 2. The lowest BCUT2D eigenvalue weighted by Gasteiger charge is -2.22. The van der Waals surface area contributed by atoms with Crippen LogP contribution in [0.25, 0.3) is 10.9 Å². The van der Waals surface area contributed by atoms with Crippen molar-refractivity contribution in [1.29, 1.82) is 0 Å². The van der Waals surface area contributed by atoms with Gasteiger partial charge in [0.1, 0.15) is 17.1 Å². The molecule has 1 saturated carbocycles. The number of methoxy groups -OCH3 is 1. The van der Waals surface area contributed by atoms with E-state index in [0.717, 1.165) is 42.4 Å². The Morgan fingerprint density at radius 3 is 2.81 bits per heavy atom. The topological polar surface area (TPSA) is 81.1 Å². The Morgan fingerprint density at radius 1 is 1.29 bits per heavy atom. The number of alkyl halides is 3. The second-order valence-electron chi connectivity index (χ2n) is 7.98. The second-order valence-corrected chi connectivity index (χ2v) is 7.98. The number of aromatic nitrogens is 3. The molecule has 0 unspecified atom stereocenters. The van der Waals surface area contributed by atoms with Crippen LogP contribution in [0.3, 0.4) is 0 Å². The van der Waals surface area contributed by atoms with Crippen LogP contribution in [0, 0.1) is 5.92 Å². The average Bonchev–Trinajstić information content (AvgIpc) is 3.47. The van der Waals surface area contributed by atoms with E-state index in [-0.39, 0.29) is 5.69 Å². The van der Waals surface area contributed by atoms with Crippen LogP contribution in [-0.2, 0) is 6.18 Å². The number of pyridine rings is 1. The Balaban J connectivity index is 1.43. The summed E-state index contributed by atoms with van der Waals surface area (Å²) in [6, 6.07) is 7.50. The van der Waals surface area contributed by atoms with Crippen molar-refractivity contribution < 1.29 is 22.7 Å². The molecule has 31 heavy (non-hydrogen) atoms. The van der Waals surface area contributed by atoms with E-state index in [9.17, 15) is 18.0 Å². The maximum atomic E-state index is 12.9. The van der Waals surface area contributed by atoms with E-state index in [1.165, 1.54) is 13.2 Å². The Bertz CT molecular complexity index is 1160. The molecule has 2 aromatic heterocycles. The van der Waals surface area contributed by atoms with Gasteiger partial charge in [0.2, 0.25) is 0 Å². The van der Waals surface area contributed by atoms with Gasteiger partial charge in [0, 0.05) is 30.2 Å². The van der Waals surface area contributed by atoms with Crippen molar-refractivity contribution in [2.45, 2.75) is 31.1 Å². The van der Waals surface area contributed by atoms with E-state index in [1.807, 2.05) is 10.9 Å². The quantitative estimate of drug-likeness (QED) is 0.659. The van der Waals surface area contributed by atoms with Gasteiger partial charge in [-0.05, 0) is 37.0 Å². The molecule has 3 aromatic rings. The Morgan fingerprint density at radius 2 is 2.13 bits per heavy atom. The zero-order valence-electron chi connectivity index (χ0n) is 16.6. The zero-order chi connectivity index (χ0) is 21.8. The highest BCUT2D eigenvalue weighted by atomic mass is 19.4. The highest BCUT2D eigenvalue weighted by Crippen LogP contribution is 2.40. The first-order valence-corrected chi connectivity index (χ1v) is 9.97. The number of ether oxygens (including phenoxy) is 1. The summed E-state index contributed by atoms with van der Waals surface area (Å²) in [5.74, 6) is 0.162. The number of anilines is 1. The summed E-state index contributed by atoms with van der Waals surface area (Å²) in [7, 11) is 1.46. The summed E-state index contributed by atoms with van der Waals surface area (Å²) in [6.07, 6.45) is -0.509. The van der Waals surface area contributed by atoms with E-state index in [1.54, 1.807) is 12.1 Å². The monoisotopic (exact) mass is 431 g/mol. The number of benzene rings is 1. The number of carbonyl (C=O) groups excluding carboxylic acids is 1. The minimum atomic E-state index is -4.63. The zero-order valence-corrected chi connectivity index (χ0v) is 16.6. The van der Waals surface area contributed by atoms with Crippen LogP contribution < -0.4 is 15.4 Å². The largest absolute Gasteiger partial charge is 0.494 e. The van der Waals surface area contributed by atoms with Crippen LogP contribution in [0.5, 0.6) is 5.75 Å². The van der Waals surface area contributed by atoms with E-state index in [2.05, 4.69) is 15.6 Å². The van der Waals surface area contributed by atoms with Crippen molar-refractivity contribution in [2.75, 3.05) is 19.0 Å². The van der Waals surface area contributed by atoms with Gasteiger partial charge in [-0.3, -0.25) is 9.48 Å². The highest BCUT2D eigenvalue weighted by molar-refractivity contribution is 6.05. The van der Waals surface area contributed by atoms with Crippen LogP contribution in [0.4, 0.5) is 18.9 Å². The van der Waals surface area contributed by atoms with Crippen LogP contribution in [0.2, 0.25) is 0 Å². The lowest BCUT2D eigenvalue weighted by molar-refractivity contribution is -0.141. The van der Waals surface area contributed by atoms with Gasteiger partial charge in [0.25, 0.3) is 5.91 Å². The predicted octanol–water partition coefficient (Wildman–Crippen LogP) is 3.63. The van der Waals surface area contributed by atoms with Crippen molar-refractivity contribution >= 4 is 22.5 Å². The first kappa shape index (κ1) is 19.8. The number of hydrogen-bond acceptors (Lipinski definition) is 5. The molecule has 10 heteroatoms. The van der Waals surface area contributed by atoms with Gasteiger partial charge in [-0.1, -0.05) is 6.07 Å². The number of nitrogens with zero attached hydrogens (tertiary/aromatic N) is 3. The highest BCUT2D eigenvalue weighted by Gasteiger charge is 2.40. The van der Waals surface area contributed by atoms with Gasteiger partial charge in [0.05, 0.1) is 24.4 Å². The molecule has 0 radical (unpaired) electrons. The Kier molecular flexibility index (Phi) is 4.62. The molecule has 2 aliphatic rings. The molecular weight excluding hydrogens is 411 g/mol. The molecule has 3 heterocycles. The second kappa shape index (κ2) is 7.23. The molecule has 0 spiro atoms. The third kappa shape index (κ3) is 3.60. The number of fused-ring (bicyclic) bond motifs is 3. The molecule has 1 saturated heterocycles. The van der Waals surface area contributed by atoms with E-state index < -0.39 is 17.8 Å². The first-order chi connectivity index (χ1) is 14.8. The van der Waals surface area contributed by atoms with Gasteiger partial charge in [-0.15, -0.1) is 0 Å². The molecule has 1 aliphatic heterocycles. The van der Waals surface area contributed by atoms with Gasteiger partial charge in [0.15, 0.2) is 0 Å². The van der Waals surface area contributed by atoms with E-state index in [0.29, 0.717) is 29.4 Å². The molecular formula is C21H20F3N5O2. The lowest BCUT2D eigenvalue weighted by atomic mass is 10.0. The van der Waals surface area contributed by atoms with Crippen LogP contribution in [0.15, 0.2) is 36.5 Å². The number of piperidine rings is 1. The third-order valence-electron chi connectivity index (χ3n) is 6.03. The van der Waals surface area contributed by atoms with E-state index >= 15 is 0 Å². The fraction of sp³-hybridized carbons (Fsp3) is 0.381. The molecule has 5 rings (SSSR count). The van der Waals surface area contributed by atoms with Crippen molar-refractivity contribution in [3.05, 3.63) is 47.9 Å². The summed E-state index contributed by atoms with van der Waals surface area (Å²) in [6.45, 7) is 0.986. The summed E-state index contributed by atoms with van der Waals surface area (Å²) >= 11 is 0. The first-order valence-electron chi connectivity index (χ1n) is 9.97. The summed E-state index contributed by atoms with van der Waals surface area (Å²) in [5.41, 5.74) is -0.387. The molecule has 1 aromatic carbocycles. The smallest absolute Gasteiger partial charge is 0.433 e. The molecule has 2 bridgehead atoms. The van der Waals surface area contributed by atoms with Crippen molar-refractivity contribution in [3.63, 3.8) is 0 Å². The SMILES string of the molecule is COc1cc2nn([C@@H]3C[C@@H]4C[C@H]3CN4)cc2cc1NC(=O)c1cccc(C(F)(F)F)n1. The third-order valence-corrected chi connectivity index (χ3v) is 6.03. The van der Waals surface area contributed by atoms with Gasteiger partial charge < -0.3 is 15.4 Å². The normalized spacial score (nSPS) is 22.8. The van der Waals surface area contributed by atoms with Crippen LogP contribution >= 0.6 is 0 Å². The number of halogens is 3. The maximum Gasteiger partial charge on any atom is 0.433 e. The predicted molar refractivity (Wildman–Crippen MR) is 107 cm³/mol. The molecule has 1 aliphatic carbocycles. The molecule has 1 amide bonds. The minimum absolute atomic E-state index is 0.331. The Hall–Kier alpha value is -3.14. The van der Waals surface area contributed by atoms with Crippen LogP contribution in [-0.4, -0.2) is 40.4 Å². The lowest BCUT2D eigenvalue weighted by Crippen LogP contribution is -2.31. The average molecular weight is 431 g/mol. The van der Waals surface area contributed by atoms with Gasteiger partial charge in [-0.25, -0.2) is 4.98 Å². The standard InChI is InChI=1S/C21H20F3N5O2/c1-31-18-8-15-12(10-29(28-15)17-7-13-5-11(17)9-25-13)6-16(18)27-20(30)14-3-2-4-19(26-14)21(22,23)24/h2-4,6,8,10-11,13,17,25H,5,7,9H2,1H3,(H,27,30)/t11-,13-,17+/m0/s1. The van der Waals surface area contributed by atoms with Gasteiger partial charge >= 0.3 is 6.18 Å². The molecule has 3 atom stereocenters. The fourth-order valence-corrected chi connectivity index (χ4v) is 4.54. The summed E-state index contributed by atoms with van der Waals surface area (Å²) < 4.78 is 46.1. The molecule has 7 nitrogen and oxygen atoms in total. The maximum absolute atomic E-state index is 12.9. The minimum Gasteiger partial charge on any atom is -0.494 e. The number of hydrogen-bond donors (Lipinski definition) is 2. The molecule has 2 N–H and O–H groups in total. The number of carbonyl (C=O) groups is 1. The molecule has 2 fully saturated rings. The molecule has 162 valence electrons. The van der Waals surface area contributed by atoms with E-state index in [4.69, 9.17) is 9.84 Å².